The molecule has 1 aliphatic heterocycles. The minimum absolute atomic E-state index is 0.395. The highest BCUT2D eigenvalue weighted by molar-refractivity contribution is 7.17. The van der Waals surface area contributed by atoms with Gasteiger partial charge in [-0.2, -0.15) is 4.99 Å². The van der Waals surface area contributed by atoms with Gasteiger partial charge >= 0.3 is 0 Å². The first-order chi connectivity index (χ1) is 12.6. The predicted molar refractivity (Wildman–Crippen MR) is 99.8 cm³/mol. The van der Waals surface area contributed by atoms with Crippen LogP contribution in [0, 0.1) is 6.92 Å². The summed E-state index contributed by atoms with van der Waals surface area (Å²) < 4.78 is 10.3. The lowest BCUT2D eigenvalue weighted by molar-refractivity contribution is 0.0306. The molecule has 0 aromatic carbocycles. The zero-order chi connectivity index (χ0) is 18.5. The first kappa shape index (κ1) is 17.9. The summed E-state index contributed by atoms with van der Waals surface area (Å²) >= 11 is 1.54. The predicted octanol–water partition coefficient (Wildman–Crippen LogP) is 2.67. The van der Waals surface area contributed by atoms with Gasteiger partial charge in [-0.05, 0) is 26.0 Å². The summed E-state index contributed by atoms with van der Waals surface area (Å²) in [7, 11) is 3.07. The Morgan fingerprint density at radius 1 is 1.31 bits per heavy atom. The van der Waals surface area contributed by atoms with E-state index in [1.165, 1.54) is 18.4 Å². The maximum Gasteiger partial charge on any atom is 0.298 e. The van der Waals surface area contributed by atoms with Gasteiger partial charge in [0.2, 0.25) is 5.90 Å². The zero-order valence-corrected chi connectivity index (χ0v) is 15.7. The molecule has 0 fully saturated rings. The molecule has 0 amide bonds. The van der Waals surface area contributed by atoms with Crippen LogP contribution in [0.3, 0.4) is 0 Å². The van der Waals surface area contributed by atoms with E-state index < -0.39 is 6.35 Å². The maximum atomic E-state index is 5.49. The lowest BCUT2D eigenvalue weighted by atomic mass is 10.3. The minimum Gasteiger partial charge on any atom is -0.482 e. The number of thiazole rings is 1. The normalized spacial score (nSPS) is 17.1. The number of oxime groups is 1. The fraction of sp³-hybridized carbons (Fsp3) is 0.294. The highest BCUT2D eigenvalue weighted by Crippen LogP contribution is 2.27. The Labute approximate surface area is 155 Å². The molecule has 2 aromatic rings. The summed E-state index contributed by atoms with van der Waals surface area (Å²) in [6.45, 7) is 3.81. The van der Waals surface area contributed by atoms with Crippen molar-refractivity contribution in [2.24, 2.45) is 10.1 Å². The van der Waals surface area contributed by atoms with Gasteiger partial charge in [0.15, 0.2) is 5.88 Å². The highest BCUT2D eigenvalue weighted by Gasteiger charge is 2.18. The van der Waals surface area contributed by atoms with Crippen molar-refractivity contribution in [2.75, 3.05) is 14.2 Å². The molecule has 1 aliphatic rings. The highest BCUT2D eigenvalue weighted by atomic mass is 32.1. The van der Waals surface area contributed by atoms with Crippen LogP contribution in [0.25, 0.3) is 10.6 Å². The van der Waals surface area contributed by atoms with Crippen molar-refractivity contribution in [3.63, 3.8) is 0 Å². The molecule has 136 valence electrons. The van der Waals surface area contributed by atoms with E-state index in [0.717, 1.165) is 21.1 Å². The fourth-order valence-electron chi connectivity index (χ4n) is 2.26. The molecule has 1 unspecified atom stereocenters. The molecule has 3 heterocycles. The quantitative estimate of drug-likeness (QED) is 0.640. The number of nitrogens with one attached hydrogen (secondary N) is 1. The van der Waals surface area contributed by atoms with Gasteiger partial charge < -0.3 is 19.6 Å². The Morgan fingerprint density at radius 3 is 2.85 bits per heavy atom. The Balaban J connectivity index is 1.75. The van der Waals surface area contributed by atoms with Crippen LogP contribution in [0.2, 0.25) is 0 Å². The molecule has 1 N–H and O–H groups in total. The van der Waals surface area contributed by atoms with Gasteiger partial charge in [-0.1, -0.05) is 5.16 Å². The number of hydrogen-bond acceptors (Lipinski definition) is 9. The molecule has 0 spiro atoms. The second-order valence-corrected chi connectivity index (χ2v) is 6.34. The van der Waals surface area contributed by atoms with Crippen LogP contribution in [0.1, 0.15) is 17.5 Å². The van der Waals surface area contributed by atoms with Gasteiger partial charge in [0.1, 0.15) is 5.01 Å². The third-order valence-electron chi connectivity index (χ3n) is 3.52. The molecule has 0 aliphatic carbocycles. The van der Waals surface area contributed by atoms with Crippen molar-refractivity contribution in [1.29, 1.82) is 0 Å². The monoisotopic (exact) mass is 373 g/mol. The Hall–Kier alpha value is -2.94. The average molecular weight is 373 g/mol. The average Bonchev–Trinajstić information content (AvgIpc) is 3.08. The van der Waals surface area contributed by atoms with E-state index in [1.54, 1.807) is 25.6 Å². The van der Waals surface area contributed by atoms with Crippen LogP contribution in [0.15, 0.2) is 46.6 Å². The molecule has 26 heavy (non-hydrogen) atoms. The van der Waals surface area contributed by atoms with Gasteiger partial charge in [0.25, 0.3) is 6.35 Å². The van der Waals surface area contributed by atoms with E-state index in [-0.39, 0.29) is 0 Å². The van der Waals surface area contributed by atoms with Crippen molar-refractivity contribution < 1.29 is 14.3 Å². The number of methoxy groups -OCH3 is 2. The molecule has 8 nitrogen and oxygen atoms in total. The van der Waals surface area contributed by atoms with E-state index in [2.05, 4.69) is 25.4 Å². The van der Waals surface area contributed by atoms with E-state index in [9.17, 15) is 0 Å². The number of aromatic nitrogens is 2. The SMILES string of the molecule is COC1=CC(OC)=NC(O/N=C(\C)c2sc(-c3cccnc3)nc2C)N1. The second kappa shape index (κ2) is 7.96. The molecular weight excluding hydrogens is 354 g/mol. The number of rotatable bonds is 5. The number of aliphatic imine (C=N–C) groups is 1. The van der Waals surface area contributed by atoms with Crippen molar-refractivity contribution in [2.45, 2.75) is 20.2 Å². The number of pyridine rings is 1. The summed E-state index contributed by atoms with van der Waals surface area (Å²) in [6, 6.07) is 3.86. The van der Waals surface area contributed by atoms with Gasteiger partial charge in [0.05, 0.1) is 36.6 Å². The summed E-state index contributed by atoms with van der Waals surface area (Å²) in [4.78, 5) is 19.4. The van der Waals surface area contributed by atoms with Crippen LogP contribution < -0.4 is 5.32 Å². The van der Waals surface area contributed by atoms with Crippen LogP contribution in [0.4, 0.5) is 0 Å². The lowest BCUT2D eigenvalue weighted by Crippen LogP contribution is -2.34. The number of nitrogens with zero attached hydrogens (tertiary/aromatic N) is 4. The first-order valence-electron chi connectivity index (χ1n) is 7.83. The first-order valence-corrected chi connectivity index (χ1v) is 8.65. The van der Waals surface area contributed by atoms with Crippen LogP contribution in [-0.2, 0) is 14.3 Å². The lowest BCUT2D eigenvalue weighted by Gasteiger charge is -2.20. The Morgan fingerprint density at radius 2 is 2.15 bits per heavy atom. The molecule has 1 atom stereocenters. The third-order valence-corrected chi connectivity index (χ3v) is 4.83. The van der Waals surface area contributed by atoms with Crippen molar-refractivity contribution in [1.82, 2.24) is 15.3 Å². The molecule has 0 radical (unpaired) electrons. The molecule has 3 rings (SSSR count). The molecule has 0 saturated carbocycles. The number of hydrogen-bond donors (Lipinski definition) is 1. The minimum atomic E-state index is -0.731. The smallest absolute Gasteiger partial charge is 0.298 e. The van der Waals surface area contributed by atoms with Crippen LogP contribution in [-0.4, -0.2) is 42.1 Å². The van der Waals surface area contributed by atoms with Crippen molar-refractivity contribution in [3.8, 4) is 10.6 Å². The molecule has 0 bridgehead atoms. The summed E-state index contributed by atoms with van der Waals surface area (Å²) in [5, 5.41) is 8.02. The molecular formula is C17H19N5O3S. The Kier molecular flexibility index (Phi) is 5.47. The standard InChI is InChI=1S/C17H19N5O3S/c1-10-15(26-16(19-10)12-6-5-7-18-9-12)11(2)22-25-17-20-13(23-3)8-14(21-17)24-4/h5-9,17,20H,1-4H3/b22-11+. The molecule has 2 aromatic heterocycles. The van der Waals surface area contributed by atoms with Gasteiger partial charge in [-0.25, -0.2) is 4.98 Å². The fourth-order valence-corrected chi connectivity index (χ4v) is 3.25. The van der Waals surface area contributed by atoms with E-state index in [0.29, 0.717) is 17.5 Å². The van der Waals surface area contributed by atoms with Crippen molar-refractivity contribution >= 4 is 22.9 Å². The second-order valence-electron chi connectivity index (χ2n) is 5.34. The van der Waals surface area contributed by atoms with E-state index in [4.69, 9.17) is 14.3 Å². The van der Waals surface area contributed by atoms with Gasteiger partial charge in [0, 0.05) is 18.0 Å². The van der Waals surface area contributed by atoms with Gasteiger partial charge in [-0.15, -0.1) is 11.3 Å². The van der Waals surface area contributed by atoms with Gasteiger partial charge in [-0.3, -0.25) is 4.98 Å². The van der Waals surface area contributed by atoms with Crippen LogP contribution >= 0.6 is 11.3 Å². The van der Waals surface area contributed by atoms with Crippen molar-refractivity contribution in [3.05, 3.63) is 47.1 Å². The maximum absolute atomic E-state index is 5.49. The molecule has 0 saturated heterocycles. The number of ether oxygens (including phenoxy) is 2. The van der Waals surface area contributed by atoms with E-state index in [1.807, 2.05) is 26.0 Å². The zero-order valence-electron chi connectivity index (χ0n) is 14.9. The summed E-state index contributed by atoms with van der Waals surface area (Å²) in [6.07, 6.45) is 4.42. The topological polar surface area (TPSA) is 90.2 Å². The third kappa shape index (κ3) is 3.99. The van der Waals surface area contributed by atoms with Crippen LogP contribution in [0.5, 0.6) is 0 Å². The summed E-state index contributed by atoms with van der Waals surface area (Å²) in [5.41, 5.74) is 2.56. The number of aryl methyl sites for hydroxylation is 1. The Bertz CT molecular complexity index is 861. The largest absolute Gasteiger partial charge is 0.482 e. The summed E-state index contributed by atoms with van der Waals surface area (Å²) in [5.74, 6) is 0.883. The van der Waals surface area contributed by atoms with E-state index >= 15 is 0 Å². The molecule has 9 heteroatoms.